The minimum atomic E-state index is -1.34. The maximum absolute atomic E-state index is 12.7. The van der Waals surface area contributed by atoms with Crippen LogP contribution in [0.5, 0.6) is 0 Å². The monoisotopic (exact) mass is 383 g/mol. The second-order valence-corrected chi connectivity index (χ2v) is 6.30. The molecule has 0 amide bonds. The van der Waals surface area contributed by atoms with Gasteiger partial charge in [-0.25, -0.2) is 0 Å². The van der Waals surface area contributed by atoms with E-state index in [-0.39, 0.29) is 38.1 Å². The number of esters is 1. The summed E-state index contributed by atoms with van der Waals surface area (Å²) in [6.45, 7) is -1.44. The lowest BCUT2D eigenvalue weighted by atomic mass is 10.1. The fraction of sp³-hybridized carbons (Fsp3) is 0.471. The summed E-state index contributed by atoms with van der Waals surface area (Å²) in [5, 5.41) is 27.3. The SMILES string of the molecule is N.Nc1ccc(COC(=O)C2(N(CC(=O)O)CC(=O)O)CC2CCO)cc1. The Morgan fingerprint density at radius 2 is 1.70 bits per heavy atom. The number of aliphatic carboxylic acids is 2. The molecule has 0 aliphatic heterocycles. The molecular weight excluding hydrogens is 358 g/mol. The zero-order valence-electron chi connectivity index (χ0n) is 14.8. The van der Waals surface area contributed by atoms with E-state index < -0.39 is 36.5 Å². The molecule has 0 heterocycles. The van der Waals surface area contributed by atoms with Gasteiger partial charge < -0.3 is 31.9 Å². The minimum Gasteiger partial charge on any atom is -0.480 e. The number of nitrogen functional groups attached to an aromatic ring is 1. The van der Waals surface area contributed by atoms with Gasteiger partial charge >= 0.3 is 17.9 Å². The number of nitrogens with zero attached hydrogens (tertiary/aromatic N) is 1. The molecule has 1 aliphatic carbocycles. The van der Waals surface area contributed by atoms with Gasteiger partial charge in [0.2, 0.25) is 0 Å². The van der Waals surface area contributed by atoms with Crippen molar-refractivity contribution >= 4 is 23.6 Å². The van der Waals surface area contributed by atoms with Crippen molar-refractivity contribution in [1.82, 2.24) is 11.1 Å². The van der Waals surface area contributed by atoms with Crippen molar-refractivity contribution in [2.24, 2.45) is 5.92 Å². The summed E-state index contributed by atoms with van der Waals surface area (Å²) in [6, 6.07) is 6.71. The molecule has 150 valence electrons. The van der Waals surface area contributed by atoms with Crippen molar-refractivity contribution in [3.8, 4) is 0 Å². The highest BCUT2D eigenvalue weighted by molar-refractivity contribution is 5.87. The van der Waals surface area contributed by atoms with Gasteiger partial charge in [0.25, 0.3) is 0 Å². The number of anilines is 1. The Morgan fingerprint density at radius 3 is 2.19 bits per heavy atom. The van der Waals surface area contributed by atoms with Gasteiger partial charge in [0.05, 0.1) is 13.1 Å². The summed E-state index contributed by atoms with van der Waals surface area (Å²) in [6.07, 6.45) is 0.501. The highest BCUT2D eigenvalue weighted by atomic mass is 16.5. The number of carbonyl (C=O) groups is 3. The van der Waals surface area contributed by atoms with Gasteiger partial charge in [0.15, 0.2) is 0 Å². The predicted octanol–water partition coefficient (Wildman–Crippen LogP) is 0.0863. The van der Waals surface area contributed by atoms with E-state index in [1.807, 2.05) is 0 Å². The van der Waals surface area contributed by atoms with Crippen molar-refractivity contribution in [3.05, 3.63) is 29.8 Å². The van der Waals surface area contributed by atoms with E-state index in [1.165, 1.54) is 0 Å². The van der Waals surface area contributed by atoms with Gasteiger partial charge in [-0.05, 0) is 36.5 Å². The van der Waals surface area contributed by atoms with Gasteiger partial charge in [0, 0.05) is 12.3 Å². The molecule has 27 heavy (non-hydrogen) atoms. The summed E-state index contributed by atoms with van der Waals surface area (Å²) in [7, 11) is 0. The number of benzene rings is 1. The van der Waals surface area contributed by atoms with Crippen LogP contribution in [-0.4, -0.2) is 63.4 Å². The molecular formula is C17H25N3O7. The fourth-order valence-electron chi connectivity index (χ4n) is 3.13. The van der Waals surface area contributed by atoms with Crippen LogP contribution in [0.4, 0.5) is 5.69 Å². The maximum atomic E-state index is 12.7. The van der Waals surface area contributed by atoms with E-state index in [4.69, 9.17) is 25.8 Å². The standard InChI is InChI=1S/C17H22N2O7.H3N/c18-13-3-1-11(2-4-13)10-26-16(25)17(7-12(17)5-6-20)19(8-14(21)22)9-15(23)24;/h1-4,12,20H,5-10,18H2,(H,21,22)(H,23,24);1H3. The molecule has 2 unspecified atom stereocenters. The summed E-state index contributed by atoms with van der Waals surface area (Å²) < 4.78 is 5.33. The number of ether oxygens (including phenoxy) is 1. The first kappa shape index (κ1) is 22.4. The molecule has 1 fully saturated rings. The van der Waals surface area contributed by atoms with Crippen LogP contribution in [0.3, 0.4) is 0 Å². The largest absolute Gasteiger partial charge is 0.480 e. The quantitative estimate of drug-likeness (QED) is 0.274. The second-order valence-electron chi connectivity index (χ2n) is 6.30. The van der Waals surface area contributed by atoms with Crippen LogP contribution in [0, 0.1) is 5.92 Å². The molecule has 0 spiro atoms. The van der Waals surface area contributed by atoms with Crippen molar-refractivity contribution in [3.63, 3.8) is 0 Å². The molecule has 0 aromatic heterocycles. The maximum Gasteiger partial charge on any atom is 0.327 e. The fourth-order valence-corrected chi connectivity index (χ4v) is 3.13. The zero-order valence-corrected chi connectivity index (χ0v) is 14.8. The third-order valence-corrected chi connectivity index (χ3v) is 4.47. The van der Waals surface area contributed by atoms with Gasteiger partial charge in [-0.2, -0.15) is 0 Å². The lowest BCUT2D eigenvalue weighted by Gasteiger charge is -2.28. The molecule has 8 N–H and O–H groups in total. The van der Waals surface area contributed by atoms with Crippen molar-refractivity contribution in [1.29, 1.82) is 0 Å². The van der Waals surface area contributed by atoms with E-state index in [1.54, 1.807) is 24.3 Å². The third-order valence-electron chi connectivity index (χ3n) is 4.47. The first-order valence-electron chi connectivity index (χ1n) is 8.10. The lowest BCUT2D eigenvalue weighted by molar-refractivity contribution is -0.157. The molecule has 0 radical (unpaired) electrons. The van der Waals surface area contributed by atoms with Crippen molar-refractivity contribution in [2.45, 2.75) is 25.0 Å². The van der Waals surface area contributed by atoms with E-state index in [0.29, 0.717) is 11.3 Å². The van der Waals surface area contributed by atoms with Crippen molar-refractivity contribution in [2.75, 3.05) is 25.4 Å². The molecule has 1 aliphatic rings. The van der Waals surface area contributed by atoms with Crippen LogP contribution in [0.2, 0.25) is 0 Å². The predicted molar refractivity (Wildman–Crippen MR) is 95.1 cm³/mol. The number of carbonyl (C=O) groups excluding carboxylic acids is 1. The molecule has 10 nitrogen and oxygen atoms in total. The number of nitrogens with two attached hydrogens (primary N) is 1. The van der Waals surface area contributed by atoms with E-state index >= 15 is 0 Å². The molecule has 10 heteroatoms. The molecule has 0 saturated heterocycles. The van der Waals surface area contributed by atoms with Crippen molar-refractivity contribution < 1.29 is 34.4 Å². The number of carboxylic acids is 2. The smallest absolute Gasteiger partial charge is 0.327 e. The van der Waals surface area contributed by atoms with Crippen LogP contribution in [-0.2, 0) is 25.7 Å². The first-order valence-corrected chi connectivity index (χ1v) is 8.10. The average molecular weight is 383 g/mol. The van der Waals surface area contributed by atoms with Crippen LogP contribution in [0.15, 0.2) is 24.3 Å². The van der Waals surface area contributed by atoms with Crippen LogP contribution in [0.25, 0.3) is 0 Å². The first-order chi connectivity index (χ1) is 12.3. The number of carboxylic acid groups (broad SMARTS) is 2. The molecule has 2 atom stereocenters. The summed E-state index contributed by atoms with van der Waals surface area (Å²) >= 11 is 0. The minimum absolute atomic E-state index is 0. The highest BCUT2D eigenvalue weighted by Crippen LogP contribution is 2.51. The number of aliphatic hydroxyl groups is 1. The molecule has 1 aromatic rings. The van der Waals surface area contributed by atoms with Gasteiger partial charge in [-0.1, -0.05) is 12.1 Å². The Balaban J connectivity index is 0.00000364. The number of aliphatic hydroxyl groups excluding tert-OH is 1. The van der Waals surface area contributed by atoms with Gasteiger partial charge in [0.1, 0.15) is 12.1 Å². The van der Waals surface area contributed by atoms with Crippen LogP contribution < -0.4 is 11.9 Å². The summed E-state index contributed by atoms with van der Waals surface area (Å²) in [5.74, 6) is -3.53. The lowest BCUT2D eigenvalue weighted by Crippen LogP contribution is -2.50. The molecule has 1 aromatic carbocycles. The zero-order chi connectivity index (χ0) is 19.3. The van der Waals surface area contributed by atoms with Crippen LogP contribution >= 0.6 is 0 Å². The van der Waals surface area contributed by atoms with Crippen LogP contribution in [0.1, 0.15) is 18.4 Å². The Bertz CT molecular complexity index is 664. The number of hydrogen-bond acceptors (Lipinski definition) is 8. The molecule has 0 bridgehead atoms. The average Bonchev–Trinajstić information content (AvgIpc) is 3.28. The van der Waals surface area contributed by atoms with Gasteiger partial charge in [-0.3, -0.25) is 19.3 Å². The summed E-state index contributed by atoms with van der Waals surface area (Å²) in [5.41, 5.74) is 5.52. The Kier molecular flexibility index (Phi) is 7.70. The number of rotatable bonds is 10. The summed E-state index contributed by atoms with van der Waals surface area (Å²) in [4.78, 5) is 36.0. The van der Waals surface area contributed by atoms with Gasteiger partial charge in [-0.15, -0.1) is 0 Å². The second kappa shape index (κ2) is 9.31. The third kappa shape index (κ3) is 5.39. The van der Waals surface area contributed by atoms with E-state index in [9.17, 15) is 14.4 Å². The Morgan fingerprint density at radius 1 is 1.15 bits per heavy atom. The Hall–Kier alpha value is -2.69. The number of hydrogen-bond donors (Lipinski definition) is 5. The van der Waals surface area contributed by atoms with E-state index in [0.717, 1.165) is 4.90 Å². The topological polar surface area (TPSA) is 185 Å². The molecule has 1 saturated carbocycles. The van der Waals surface area contributed by atoms with E-state index in [2.05, 4.69) is 0 Å². The Labute approximate surface area is 156 Å². The normalized spacial score (nSPS) is 20.6. The molecule has 2 rings (SSSR count). The highest BCUT2D eigenvalue weighted by Gasteiger charge is 2.64.